The number of carbonyl (C=O) groups excluding carboxylic acids is 1. The first kappa shape index (κ1) is 16.9. The highest BCUT2D eigenvalue weighted by atomic mass is 16.2. The third-order valence-electron chi connectivity index (χ3n) is 4.16. The summed E-state index contributed by atoms with van der Waals surface area (Å²) in [5, 5.41) is 3.34. The summed E-state index contributed by atoms with van der Waals surface area (Å²) < 4.78 is 0. The maximum absolute atomic E-state index is 12.3. The molecule has 1 amide bonds. The average molecular weight is 279 g/mol. The van der Waals surface area contributed by atoms with Crippen LogP contribution in [0.4, 0.5) is 0 Å². The summed E-state index contributed by atoms with van der Waals surface area (Å²) in [6.07, 6.45) is 8.25. The standard InChI is InChI=1S/C16H29N3O/c1-5-11-19(12-6-2)16(20)13-18(4)15-9-7-14(17-3)8-10-15/h5-6,14-15,17H,1-2,7-13H2,3-4H3. The maximum Gasteiger partial charge on any atom is 0.237 e. The molecule has 0 aromatic rings. The van der Waals surface area contributed by atoms with Gasteiger partial charge in [0.25, 0.3) is 0 Å². The van der Waals surface area contributed by atoms with Crippen molar-refractivity contribution in [3.63, 3.8) is 0 Å². The van der Waals surface area contributed by atoms with Crippen LogP contribution in [0.3, 0.4) is 0 Å². The number of likely N-dealkylation sites (N-methyl/N-ethyl adjacent to an activating group) is 1. The molecule has 0 atom stereocenters. The molecule has 0 aromatic heterocycles. The summed E-state index contributed by atoms with van der Waals surface area (Å²) in [5.41, 5.74) is 0. The van der Waals surface area contributed by atoms with E-state index in [9.17, 15) is 4.79 Å². The molecule has 1 aliphatic carbocycles. The van der Waals surface area contributed by atoms with Crippen molar-refractivity contribution < 1.29 is 4.79 Å². The molecular formula is C16H29N3O. The Bertz CT molecular complexity index is 312. The van der Waals surface area contributed by atoms with Gasteiger partial charge in [-0.15, -0.1) is 13.2 Å². The molecule has 0 spiro atoms. The highest BCUT2D eigenvalue weighted by Crippen LogP contribution is 2.22. The van der Waals surface area contributed by atoms with E-state index in [2.05, 4.69) is 30.4 Å². The van der Waals surface area contributed by atoms with Crippen LogP contribution >= 0.6 is 0 Å². The Kier molecular flexibility index (Phi) is 7.55. The van der Waals surface area contributed by atoms with Crippen molar-refractivity contribution in [2.45, 2.75) is 37.8 Å². The number of amides is 1. The normalized spacial score (nSPS) is 22.6. The van der Waals surface area contributed by atoms with Crippen molar-refractivity contribution in [1.29, 1.82) is 0 Å². The van der Waals surface area contributed by atoms with Crippen LogP contribution in [-0.2, 0) is 4.79 Å². The van der Waals surface area contributed by atoms with Crippen LogP contribution in [0.25, 0.3) is 0 Å². The van der Waals surface area contributed by atoms with E-state index < -0.39 is 0 Å². The van der Waals surface area contributed by atoms with Gasteiger partial charge in [-0.3, -0.25) is 9.69 Å². The number of carbonyl (C=O) groups is 1. The van der Waals surface area contributed by atoms with E-state index in [1.54, 1.807) is 17.1 Å². The van der Waals surface area contributed by atoms with Gasteiger partial charge in [0.2, 0.25) is 5.91 Å². The van der Waals surface area contributed by atoms with Gasteiger partial charge >= 0.3 is 0 Å². The van der Waals surface area contributed by atoms with Crippen LogP contribution in [0.2, 0.25) is 0 Å². The van der Waals surface area contributed by atoms with Crippen molar-refractivity contribution in [1.82, 2.24) is 15.1 Å². The van der Waals surface area contributed by atoms with E-state index in [-0.39, 0.29) is 5.91 Å². The zero-order chi connectivity index (χ0) is 15.0. The molecule has 20 heavy (non-hydrogen) atoms. The molecule has 0 aliphatic heterocycles. The molecule has 1 rings (SSSR count). The van der Waals surface area contributed by atoms with E-state index >= 15 is 0 Å². The number of nitrogens with zero attached hydrogens (tertiary/aromatic N) is 2. The highest BCUT2D eigenvalue weighted by molar-refractivity contribution is 5.78. The first-order valence-corrected chi connectivity index (χ1v) is 7.49. The molecule has 4 heteroatoms. The second-order valence-electron chi connectivity index (χ2n) is 5.59. The van der Waals surface area contributed by atoms with Gasteiger partial charge in [-0.1, -0.05) is 12.2 Å². The highest BCUT2D eigenvalue weighted by Gasteiger charge is 2.25. The van der Waals surface area contributed by atoms with E-state index in [0.29, 0.717) is 31.7 Å². The van der Waals surface area contributed by atoms with Crippen molar-refractivity contribution in [2.24, 2.45) is 0 Å². The molecule has 0 unspecified atom stereocenters. The SMILES string of the molecule is C=CCN(CC=C)C(=O)CN(C)C1CCC(NC)CC1. The topological polar surface area (TPSA) is 35.6 Å². The summed E-state index contributed by atoms with van der Waals surface area (Å²) in [4.78, 5) is 16.3. The van der Waals surface area contributed by atoms with Gasteiger partial charge in [0.1, 0.15) is 0 Å². The van der Waals surface area contributed by atoms with E-state index in [0.717, 1.165) is 12.8 Å². The lowest BCUT2D eigenvalue weighted by atomic mass is 9.90. The summed E-state index contributed by atoms with van der Waals surface area (Å²) in [7, 11) is 4.09. The maximum atomic E-state index is 12.3. The van der Waals surface area contributed by atoms with Crippen LogP contribution in [0.5, 0.6) is 0 Å². The minimum absolute atomic E-state index is 0.156. The first-order valence-electron chi connectivity index (χ1n) is 7.49. The Labute approximate surface area is 123 Å². The van der Waals surface area contributed by atoms with Crippen LogP contribution in [0.1, 0.15) is 25.7 Å². The van der Waals surface area contributed by atoms with Gasteiger partial charge in [0, 0.05) is 25.2 Å². The summed E-state index contributed by atoms with van der Waals surface area (Å²) in [5.74, 6) is 0.156. The fraction of sp³-hybridized carbons (Fsp3) is 0.688. The molecule has 0 heterocycles. The van der Waals surface area contributed by atoms with Gasteiger partial charge in [-0.05, 0) is 39.8 Å². The minimum atomic E-state index is 0.156. The van der Waals surface area contributed by atoms with E-state index in [1.165, 1.54) is 12.8 Å². The number of nitrogens with one attached hydrogen (secondary N) is 1. The number of rotatable bonds is 8. The zero-order valence-electron chi connectivity index (χ0n) is 13.0. The molecule has 1 fully saturated rings. The fourth-order valence-corrected chi connectivity index (χ4v) is 2.84. The summed E-state index contributed by atoms with van der Waals surface area (Å²) in [6, 6.07) is 1.17. The van der Waals surface area contributed by atoms with Crippen molar-refractivity contribution in [3.8, 4) is 0 Å². The lowest BCUT2D eigenvalue weighted by Gasteiger charge is -2.35. The Morgan fingerprint density at radius 2 is 1.75 bits per heavy atom. The lowest BCUT2D eigenvalue weighted by Crippen LogP contribution is -2.45. The Hall–Kier alpha value is -1.13. The minimum Gasteiger partial charge on any atom is -0.334 e. The van der Waals surface area contributed by atoms with Crippen molar-refractivity contribution in [2.75, 3.05) is 33.7 Å². The molecule has 0 saturated heterocycles. The number of hydrogen-bond acceptors (Lipinski definition) is 3. The Balaban J connectivity index is 2.43. The molecule has 0 aromatic carbocycles. The van der Waals surface area contributed by atoms with Crippen molar-refractivity contribution in [3.05, 3.63) is 25.3 Å². The smallest absolute Gasteiger partial charge is 0.237 e. The number of hydrogen-bond donors (Lipinski definition) is 1. The largest absolute Gasteiger partial charge is 0.334 e. The van der Waals surface area contributed by atoms with Gasteiger partial charge in [0.05, 0.1) is 6.54 Å². The second-order valence-corrected chi connectivity index (χ2v) is 5.59. The average Bonchev–Trinajstić information content (AvgIpc) is 2.47. The molecule has 114 valence electrons. The third-order valence-corrected chi connectivity index (χ3v) is 4.16. The first-order chi connectivity index (χ1) is 9.62. The molecule has 1 aliphatic rings. The van der Waals surface area contributed by atoms with Crippen molar-refractivity contribution >= 4 is 5.91 Å². The van der Waals surface area contributed by atoms with Crippen LogP contribution in [-0.4, -0.2) is 61.5 Å². The van der Waals surface area contributed by atoms with E-state index in [1.807, 2.05) is 7.05 Å². The Morgan fingerprint density at radius 1 is 1.20 bits per heavy atom. The molecule has 0 bridgehead atoms. The molecule has 4 nitrogen and oxygen atoms in total. The van der Waals surface area contributed by atoms with Crippen LogP contribution in [0, 0.1) is 0 Å². The predicted octanol–water partition coefficient (Wildman–Crippen LogP) is 1.65. The van der Waals surface area contributed by atoms with Crippen LogP contribution in [0.15, 0.2) is 25.3 Å². The van der Waals surface area contributed by atoms with Crippen LogP contribution < -0.4 is 5.32 Å². The van der Waals surface area contributed by atoms with Gasteiger partial charge in [0.15, 0.2) is 0 Å². The van der Waals surface area contributed by atoms with Gasteiger partial charge in [-0.25, -0.2) is 0 Å². The summed E-state index contributed by atoms with van der Waals surface area (Å²) >= 11 is 0. The zero-order valence-corrected chi connectivity index (χ0v) is 13.0. The second kappa shape index (κ2) is 8.93. The molecular weight excluding hydrogens is 250 g/mol. The molecule has 0 radical (unpaired) electrons. The lowest BCUT2D eigenvalue weighted by molar-refractivity contribution is -0.131. The summed E-state index contributed by atoms with van der Waals surface area (Å²) in [6.45, 7) is 9.07. The van der Waals surface area contributed by atoms with Gasteiger partial charge < -0.3 is 10.2 Å². The van der Waals surface area contributed by atoms with E-state index in [4.69, 9.17) is 0 Å². The third kappa shape index (κ3) is 5.10. The van der Waals surface area contributed by atoms with Gasteiger partial charge in [-0.2, -0.15) is 0 Å². The molecule has 1 N–H and O–H groups in total. The quantitative estimate of drug-likeness (QED) is 0.686. The Morgan fingerprint density at radius 3 is 2.20 bits per heavy atom. The molecule has 1 saturated carbocycles. The fourth-order valence-electron chi connectivity index (χ4n) is 2.84. The predicted molar refractivity (Wildman–Crippen MR) is 84.7 cm³/mol. The monoisotopic (exact) mass is 279 g/mol.